The summed E-state index contributed by atoms with van der Waals surface area (Å²) in [7, 11) is 3.46. The molecule has 0 spiro atoms. The largest absolute Gasteiger partial charge is 0.494 e. The molecule has 5 heteroatoms. The highest BCUT2D eigenvalue weighted by Crippen LogP contribution is 2.18. The molecule has 0 aliphatic heterocycles. The number of methoxy groups -OCH3 is 1. The van der Waals surface area contributed by atoms with Crippen LogP contribution in [0.1, 0.15) is 35.3 Å². The second kappa shape index (κ2) is 8.62. The predicted molar refractivity (Wildman–Crippen MR) is 97.2 cm³/mol. The third kappa shape index (κ3) is 5.03. The zero-order valence-electron chi connectivity index (χ0n) is 15.2. The molecule has 0 aromatic heterocycles. The highest BCUT2D eigenvalue weighted by atomic mass is 19.1. The summed E-state index contributed by atoms with van der Waals surface area (Å²) in [5.41, 5.74) is 2.49. The van der Waals surface area contributed by atoms with Crippen molar-refractivity contribution in [3.8, 4) is 5.75 Å². The van der Waals surface area contributed by atoms with Crippen LogP contribution in [0.4, 0.5) is 4.39 Å². The summed E-state index contributed by atoms with van der Waals surface area (Å²) in [6, 6.07) is 12.6. The van der Waals surface area contributed by atoms with Crippen molar-refractivity contribution in [3.05, 3.63) is 65.0 Å². The van der Waals surface area contributed by atoms with Gasteiger partial charge in [-0.15, -0.1) is 0 Å². The number of hydrogen-bond donors (Lipinski definition) is 1. The van der Waals surface area contributed by atoms with Crippen molar-refractivity contribution < 1.29 is 13.9 Å². The molecule has 2 aromatic carbocycles. The molecule has 0 aliphatic carbocycles. The molecule has 4 nitrogen and oxygen atoms in total. The van der Waals surface area contributed by atoms with Gasteiger partial charge in [-0.25, -0.2) is 4.39 Å². The number of hydrogen-bond acceptors (Lipinski definition) is 3. The summed E-state index contributed by atoms with van der Waals surface area (Å²) in [4.78, 5) is 14.5. The van der Waals surface area contributed by atoms with Gasteiger partial charge in [-0.1, -0.05) is 24.3 Å². The standard InChI is InChI=1S/C20H25FN2O2/c1-14(2)23(3)13-17-8-6-5-7-16(17)12-22-20(24)15-9-10-19(25-4)18(21)11-15/h5-11,14H,12-13H2,1-4H3,(H,22,24). The van der Waals surface area contributed by atoms with Crippen LogP contribution >= 0.6 is 0 Å². The Morgan fingerprint density at radius 1 is 1.20 bits per heavy atom. The van der Waals surface area contributed by atoms with Crippen molar-refractivity contribution in [2.75, 3.05) is 14.2 Å². The number of rotatable bonds is 7. The highest BCUT2D eigenvalue weighted by Gasteiger charge is 2.12. The minimum atomic E-state index is -0.547. The summed E-state index contributed by atoms with van der Waals surface area (Å²) in [5.74, 6) is -0.735. The van der Waals surface area contributed by atoms with Gasteiger partial charge >= 0.3 is 0 Å². The van der Waals surface area contributed by atoms with Gasteiger partial charge in [-0.3, -0.25) is 9.69 Å². The molecule has 0 bridgehead atoms. The smallest absolute Gasteiger partial charge is 0.251 e. The third-order valence-corrected chi connectivity index (χ3v) is 4.27. The second-order valence-electron chi connectivity index (χ2n) is 6.31. The monoisotopic (exact) mass is 344 g/mol. The quantitative estimate of drug-likeness (QED) is 0.834. The van der Waals surface area contributed by atoms with Gasteiger partial charge in [0.05, 0.1) is 7.11 Å². The molecule has 134 valence electrons. The molecular formula is C20H25FN2O2. The number of amides is 1. The Morgan fingerprint density at radius 3 is 2.48 bits per heavy atom. The van der Waals surface area contributed by atoms with Crippen molar-refractivity contribution in [1.29, 1.82) is 0 Å². The van der Waals surface area contributed by atoms with Gasteiger partial charge in [-0.05, 0) is 50.2 Å². The Hall–Kier alpha value is -2.40. The van der Waals surface area contributed by atoms with Crippen molar-refractivity contribution in [2.45, 2.75) is 33.0 Å². The van der Waals surface area contributed by atoms with Crippen LogP contribution in [0.5, 0.6) is 5.75 Å². The molecular weight excluding hydrogens is 319 g/mol. The van der Waals surface area contributed by atoms with E-state index >= 15 is 0 Å². The fourth-order valence-corrected chi connectivity index (χ4v) is 2.42. The molecule has 0 atom stereocenters. The molecule has 0 aliphatic rings. The Kier molecular flexibility index (Phi) is 6.53. The fraction of sp³-hybridized carbons (Fsp3) is 0.350. The first-order valence-corrected chi connectivity index (χ1v) is 8.31. The Bertz CT molecular complexity index is 731. The van der Waals surface area contributed by atoms with Gasteiger partial charge < -0.3 is 10.1 Å². The predicted octanol–water partition coefficient (Wildman–Crippen LogP) is 3.60. The zero-order chi connectivity index (χ0) is 18.4. The number of ether oxygens (including phenoxy) is 1. The average Bonchev–Trinajstić information content (AvgIpc) is 2.60. The minimum absolute atomic E-state index is 0.124. The number of carbonyl (C=O) groups is 1. The molecule has 1 amide bonds. The molecule has 0 heterocycles. The maximum Gasteiger partial charge on any atom is 0.251 e. The normalized spacial score (nSPS) is 11.0. The summed E-state index contributed by atoms with van der Waals surface area (Å²) in [5, 5.41) is 2.86. The van der Waals surface area contributed by atoms with Gasteiger partial charge in [0, 0.05) is 24.7 Å². The fourth-order valence-electron chi connectivity index (χ4n) is 2.42. The number of nitrogens with one attached hydrogen (secondary N) is 1. The van der Waals surface area contributed by atoms with Crippen LogP contribution in [-0.4, -0.2) is 31.0 Å². The van der Waals surface area contributed by atoms with E-state index in [1.165, 1.54) is 24.8 Å². The van der Waals surface area contributed by atoms with E-state index in [0.717, 1.165) is 12.1 Å². The van der Waals surface area contributed by atoms with E-state index in [1.54, 1.807) is 6.07 Å². The first kappa shape index (κ1) is 18.9. The van der Waals surface area contributed by atoms with Gasteiger partial charge in [0.15, 0.2) is 11.6 Å². The lowest BCUT2D eigenvalue weighted by Gasteiger charge is -2.22. The summed E-state index contributed by atoms with van der Waals surface area (Å²) in [6.07, 6.45) is 0. The third-order valence-electron chi connectivity index (χ3n) is 4.27. The van der Waals surface area contributed by atoms with Crippen LogP contribution in [0, 0.1) is 5.82 Å². The first-order chi connectivity index (χ1) is 11.9. The number of carbonyl (C=O) groups excluding carboxylic acids is 1. The highest BCUT2D eigenvalue weighted by molar-refractivity contribution is 5.94. The molecule has 0 saturated heterocycles. The Morgan fingerprint density at radius 2 is 1.88 bits per heavy atom. The molecule has 0 saturated carbocycles. The maximum absolute atomic E-state index is 13.7. The van der Waals surface area contributed by atoms with E-state index in [4.69, 9.17) is 4.74 Å². The molecule has 2 rings (SSSR count). The van der Waals surface area contributed by atoms with Crippen LogP contribution < -0.4 is 10.1 Å². The van der Waals surface area contributed by atoms with Crippen LogP contribution in [0.25, 0.3) is 0 Å². The van der Waals surface area contributed by atoms with Gasteiger partial charge in [0.25, 0.3) is 5.91 Å². The van der Waals surface area contributed by atoms with E-state index in [1.807, 2.05) is 18.2 Å². The maximum atomic E-state index is 13.7. The van der Waals surface area contributed by atoms with Crippen molar-refractivity contribution in [1.82, 2.24) is 10.2 Å². The van der Waals surface area contributed by atoms with Crippen LogP contribution in [0.15, 0.2) is 42.5 Å². The second-order valence-corrected chi connectivity index (χ2v) is 6.31. The zero-order valence-corrected chi connectivity index (χ0v) is 15.2. The molecule has 0 fully saturated rings. The Balaban J connectivity index is 2.06. The average molecular weight is 344 g/mol. The topological polar surface area (TPSA) is 41.6 Å². The molecule has 25 heavy (non-hydrogen) atoms. The van der Waals surface area contributed by atoms with Crippen LogP contribution in [-0.2, 0) is 13.1 Å². The van der Waals surface area contributed by atoms with E-state index in [-0.39, 0.29) is 17.2 Å². The van der Waals surface area contributed by atoms with Gasteiger partial charge in [0.2, 0.25) is 0 Å². The number of halogens is 1. The summed E-state index contributed by atoms with van der Waals surface area (Å²) < 4.78 is 18.6. The van der Waals surface area contributed by atoms with Crippen LogP contribution in [0.3, 0.4) is 0 Å². The van der Waals surface area contributed by atoms with Crippen molar-refractivity contribution >= 4 is 5.91 Å². The lowest BCUT2D eigenvalue weighted by atomic mass is 10.1. The van der Waals surface area contributed by atoms with E-state index in [2.05, 4.69) is 37.2 Å². The lowest BCUT2D eigenvalue weighted by Crippen LogP contribution is -2.27. The molecule has 0 unspecified atom stereocenters. The SMILES string of the molecule is COc1ccc(C(=O)NCc2ccccc2CN(C)C(C)C)cc1F. The number of nitrogens with zero attached hydrogens (tertiary/aromatic N) is 1. The summed E-state index contributed by atoms with van der Waals surface area (Å²) >= 11 is 0. The molecule has 1 N–H and O–H groups in total. The van der Waals surface area contributed by atoms with E-state index in [9.17, 15) is 9.18 Å². The van der Waals surface area contributed by atoms with Gasteiger partial charge in [-0.2, -0.15) is 0 Å². The minimum Gasteiger partial charge on any atom is -0.494 e. The Labute approximate surface area is 148 Å². The molecule has 2 aromatic rings. The number of benzene rings is 2. The van der Waals surface area contributed by atoms with Crippen LogP contribution in [0.2, 0.25) is 0 Å². The first-order valence-electron chi connectivity index (χ1n) is 8.31. The van der Waals surface area contributed by atoms with E-state index in [0.29, 0.717) is 12.6 Å². The van der Waals surface area contributed by atoms with E-state index < -0.39 is 5.82 Å². The lowest BCUT2D eigenvalue weighted by molar-refractivity contribution is 0.0950. The van der Waals surface area contributed by atoms with Gasteiger partial charge in [0.1, 0.15) is 0 Å². The molecule has 0 radical (unpaired) electrons. The van der Waals surface area contributed by atoms with Crippen molar-refractivity contribution in [2.24, 2.45) is 0 Å². The van der Waals surface area contributed by atoms with Crippen molar-refractivity contribution in [3.63, 3.8) is 0 Å². The summed E-state index contributed by atoms with van der Waals surface area (Å²) in [6.45, 7) is 5.49.